The summed E-state index contributed by atoms with van der Waals surface area (Å²) in [4.78, 5) is 22.2. The minimum absolute atomic E-state index is 0.195. The summed E-state index contributed by atoms with van der Waals surface area (Å²) < 4.78 is 5.50. The van der Waals surface area contributed by atoms with E-state index < -0.39 is 11.5 Å². The Morgan fingerprint density at radius 3 is 2.48 bits per heavy atom. The number of hydrogen-bond donors (Lipinski definition) is 1. The number of carbonyl (C=O) groups is 1. The number of nitrogens with zero attached hydrogens (tertiary/aromatic N) is 4. The quantitative estimate of drug-likeness (QED) is 0.832. The largest absolute Gasteiger partial charge is 0.495 e. The average Bonchev–Trinajstić information content (AvgIpc) is 2.76. The summed E-state index contributed by atoms with van der Waals surface area (Å²) in [5, 5.41) is 12.6. The first-order valence-electron chi connectivity index (χ1n) is 10.5. The maximum Gasteiger partial charge on any atom is 0.246 e. The topological polar surface area (TPSA) is 81.0 Å². The Morgan fingerprint density at radius 1 is 1.17 bits per heavy atom. The highest BCUT2D eigenvalue weighted by Crippen LogP contribution is 2.42. The Kier molecular flexibility index (Phi) is 5.35. The fourth-order valence-corrected chi connectivity index (χ4v) is 4.77. The zero-order chi connectivity index (χ0) is 20.4. The molecule has 1 amide bonds. The van der Waals surface area contributed by atoms with Gasteiger partial charge in [0, 0.05) is 26.2 Å². The molecule has 3 aliphatic rings. The van der Waals surface area contributed by atoms with Crippen LogP contribution in [0.1, 0.15) is 32.6 Å². The lowest BCUT2D eigenvalue weighted by molar-refractivity contribution is -0.125. The molecule has 1 saturated heterocycles. The van der Waals surface area contributed by atoms with E-state index in [1.165, 1.54) is 0 Å². The Balaban J connectivity index is 1.51. The van der Waals surface area contributed by atoms with Gasteiger partial charge in [-0.05, 0) is 43.7 Å². The predicted molar refractivity (Wildman–Crippen MR) is 112 cm³/mol. The molecule has 1 spiro atoms. The molecule has 1 saturated carbocycles. The third kappa shape index (κ3) is 3.64. The van der Waals surface area contributed by atoms with E-state index >= 15 is 0 Å². The summed E-state index contributed by atoms with van der Waals surface area (Å²) in [5.41, 5.74) is 0.533. The number of carbonyl (C=O) groups excluding carboxylic acids is 1. The molecule has 4 rings (SSSR count). The van der Waals surface area contributed by atoms with Gasteiger partial charge in [0.1, 0.15) is 5.75 Å². The predicted octanol–water partition coefficient (Wildman–Crippen LogP) is 2.39. The van der Waals surface area contributed by atoms with Crippen molar-refractivity contribution in [2.45, 2.75) is 38.1 Å². The minimum Gasteiger partial charge on any atom is -0.495 e. The lowest BCUT2D eigenvalue weighted by Gasteiger charge is -2.45. The van der Waals surface area contributed by atoms with E-state index in [1.54, 1.807) is 7.11 Å². The fraction of sp³-hybridized carbons (Fsp3) is 0.591. The lowest BCUT2D eigenvalue weighted by Crippen LogP contribution is -2.60. The summed E-state index contributed by atoms with van der Waals surface area (Å²) in [7, 11) is 1.69. The van der Waals surface area contributed by atoms with Gasteiger partial charge in [-0.3, -0.25) is 10.1 Å². The van der Waals surface area contributed by atoms with Crippen molar-refractivity contribution < 1.29 is 9.53 Å². The number of methoxy groups -OCH3 is 1. The number of benzene rings is 1. The van der Waals surface area contributed by atoms with Crippen molar-refractivity contribution in [3.63, 3.8) is 0 Å². The molecule has 7 heteroatoms. The van der Waals surface area contributed by atoms with Crippen molar-refractivity contribution in [2.24, 2.45) is 16.8 Å². The van der Waals surface area contributed by atoms with E-state index in [0.717, 1.165) is 63.3 Å². The van der Waals surface area contributed by atoms with Crippen LogP contribution in [0.3, 0.4) is 0 Å². The maximum absolute atomic E-state index is 12.7. The number of nitrogens with one attached hydrogen (secondary N) is 1. The third-order valence-corrected chi connectivity index (χ3v) is 6.64. The van der Waals surface area contributed by atoms with E-state index in [4.69, 9.17) is 9.73 Å². The highest BCUT2D eigenvalue weighted by atomic mass is 16.5. The van der Waals surface area contributed by atoms with Gasteiger partial charge in [-0.15, -0.1) is 0 Å². The number of ether oxygens (including phenoxy) is 1. The number of aliphatic imine (C=N–C) groups is 1. The number of para-hydroxylation sites is 2. The molecule has 2 aliphatic heterocycles. The summed E-state index contributed by atoms with van der Waals surface area (Å²) in [5.74, 6) is 1.27. The van der Waals surface area contributed by atoms with Crippen LogP contribution in [-0.2, 0) is 4.79 Å². The standard InChI is InChI=1S/C22H29N5O2/c1-16-7-9-22(10-8-16)17(15-23)20(28)24-21(25-22)27-13-11-26(12-14-27)18-5-3-4-6-19(18)29-2/h3-6,16-17H,7-14H2,1-2H3,(H,24,25,28). The molecule has 2 heterocycles. The van der Waals surface area contributed by atoms with Gasteiger partial charge in [0.25, 0.3) is 0 Å². The molecule has 1 unspecified atom stereocenters. The highest BCUT2D eigenvalue weighted by Gasteiger charge is 2.49. The smallest absolute Gasteiger partial charge is 0.246 e. The molecular weight excluding hydrogens is 366 g/mol. The fourth-order valence-electron chi connectivity index (χ4n) is 4.77. The highest BCUT2D eigenvalue weighted by molar-refractivity contribution is 6.02. The molecule has 7 nitrogen and oxygen atoms in total. The molecule has 1 atom stereocenters. The van der Waals surface area contributed by atoms with Crippen LogP contribution < -0.4 is 15.0 Å². The number of rotatable bonds is 2. The van der Waals surface area contributed by atoms with Crippen molar-refractivity contribution in [3.8, 4) is 11.8 Å². The Bertz CT molecular complexity index is 830. The van der Waals surface area contributed by atoms with Gasteiger partial charge in [-0.2, -0.15) is 5.26 Å². The summed E-state index contributed by atoms with van der Waals surface area (Å²) >= 11 is 0. The number of piperazine rings is 1. The molecular formula is C22H29N5O2. The van der Waals surface area contributed by atoms with E-state index in [1.807, 2.05) is 18.2 Å². The van der Waals surface area contributed by atoms with Crippen LogP contribution in [0.4, 0.5) is 5.69 Å². The van der Waals surface area contributed by atoms with E-state index in [-0.39, 0.29) is 5.91 Å². The molecule has 154 valence electrons. The van der Waals surface area contributed by atoms with Crippen LogP contribution in [0.5, 0.6) is 5.75 Å². The molecule has 2 fully saturated rings. The molecule has 1 N–H and O–H groups in total. The van der Waals surface area contributed by atoms with Crippen molar-refractivity contribution in [1.29, 1.82) is 5.26 Å². The first kappa shape index (κ1) is 19.6. The normalized spacial score (nSPS) is 29.8. The van der Waals surface area contributed by atoms with Crippen LogP contribution in [0.2, 0.25) is 0 Å². The average molecular weight is 396 g/mol. The molecule has 1 aromatic rings. The molecule has 0 aromatic heterocycles. The van der Waals surface area contributed by atoms with Gasteiger partial charge in [-0.1, -0.05) is 19.1 Å². The van der Waals surface area contributed by atoms with Crippen LogP contribution in [0.25, 0.3) is 0 Å². The zero-order valence-electron chi connectivity index (χ0n) is 17.2. The SMILES string of the molecule is COc1ccccc1N1CCN(C2=NC3(CCC(C)CC3)C(C#N)C(=O)N2)CC1. The lowest BCUT2D eigenvalue weighted by atomic mass is 9.70. The maximum atomic E-state index is 12.7. The van der Waals surface area contributed by atoms with Gasteiger partial charge in [0.15, 0.2) is 5.92 Å². The molecule has 29 heavy (non-hydrogen) atoms. The van der Waals surface area contributed by atoms with Gasteiger partial charge in [0.2, 0.25) is 11.9 Å². The van der Waals surface area contributed by atoms with E-state index in [0.29, 0.717) is 11.9 Å². The molecule has 0 bridgehead atoms. The Hall–Kier alpha value is -2.75. The van der Waals surface area contributed by atoms with E-state index in [9.17, 15) is 10.1 Å². The van der Waals surface area contributed by atoms with Gasteiger partial charge in [-0.25, -0.2) is 4.99 Å². The number of nitriles is 1. The molecule has 1 aromatic carbocycles. The second-order valence-corrected chi connectivity index (χ2v) is 8.42. The number of anilines is 1. The molecule has 0 radical (unpaired) electrons. The number of hydrogen-bond acceptors (Lipinski definition) is 6. The van der Waals surface area contributed by atoms with Crippen molar-refractivity contribution in [2.75, 3.05) is 38.2 Å². The third-order valence-electron chi connectivity index (χ3n) is 6.64. The van der Waals surface area contributed by atoms with Crippen LogP contribution in [0, 0.1) is 23.2 Å². The first-order chi connectivity index (χ1) is 14.1. The first-order valence-corrected chi connectivity index (χ1v) is 10.5. The summed E-state index contributed by atoms with van der Waals surface area (Å²) in [6.07, 6.45) is 3.66. The van der Waals surface area contributed by atoms with Crippen molar-refractivity contribution in [1.82, 2.24) is 10.2 Å². The van der Waals surface area contributed by atoms with Crippen LogP contribution in [-0.4, -0.2) is 55.6 Å². The monoisotopic (exact) mass is 395 g/mol. The second kappa shape index (κ2) is 7.94. The van der Waals surface area contributed by atoms with Crippen molar-refractivity contribution in [3.05, 3.63) is 24.3 Å². The Labute approximate surface area is 172 Å². The van der Waals surface area contributed by atoms with Crippen molar-refractivity contribution >= 4 is 17.6 Å². The molecule has 1 aliphatic carbocycles. The van der Waals surface area contributed by atoms with Gasteiger partial charge < -0.3 is 14.5 Å². The van der Waals surface area contributed by atoms with Crippen LogP contribution in [0.15, 0.2) is 29.3 Å². The minimum atomic E-state index is -0.686. The van der Waals surface area contributed by atoms with Crippen LogP contribution >= 0.6 is 0 Å². The van der Waals surface area contributed by atoms with Gasteiger partial charge in [0.05, 0.1) is 24.4 Å². The zero-order valence-corrected chi connectivity index (χ0v) is 17.2. The Morgan fingerprint density at radius 2 is 1.83 bits per heavy atom. The second-order valence-electron chi connectivity index (χ2n) is 8.42. The van der Waals surface area contributed by atoms with Gasteiger partial charge >= 0.3 is 0 Å². The summed E-state index contributed by atoms with van der Waals surface area (Å²) in [6.45, 7) is 5.41. The summed E-state index contributed by atoms with van der Waals surface area (Å²) in [6, 6.07) is 10.3. The number of amides is 1. The van der Waals surface area contributed by atoms with E-state index in [2.05, 4.69) is 34.2 Å². The number of guanidine groups is 1.